The highest BCUT2D eigenvalue weighted by atomic mass is 16.6. The van der Waals surface area contributed by atoms with Crippen molar-refractivity contribution < 1.29 is 9.53 Å². The number of ether oxygens (including phenoxy) is 1. The minimum absolute atomic E-state index is 0.152. The lowest BCUT2D eigenvalue weighted by Crippen LogP contribution is -2.23. The van der Waals surface area contributed by atoms with Crippen molar-refractivity contribution in [1.82, 2.24) is 20.2 Å². The Morgan fingerprint density at radius 1 is 1.09 bits per heavy atom. The summed E-state index contributed by atoms with van der Waals surface area (Å²) in [6.07, 6.45) is 4.45. The topological polar surface area (TPSA) is 105 Å². The summed E-state index contributed by atoms with van der Waals surface area (Å²) in [6.45, 7) is 7.59. The maximum Gasteiger partial charge on any atom is 0.306 e. The van der Waals surface area contributed by atoms with Crippen molar-refractivity contribution in [1.29, 1.82) is 0 Å². The Labute approximate surface area is 194 Å². The van der Waals surface area contributed by atoms with Gasteiger partial charge in [0.25, 0.3) is 0 Å². The molecule has 2 heterocycles. The van der Waals surface area contributed by atoms with Crippen LogP contribution in [0, 0.1) is 6.92 Å². The van der Waals surface area contributed by atoms with Crippen molar-refractivity contribution in [2.75, 3.05) is 10.6 Å². The molecule has 1 saturated carbocycles. The van der Waals surface area contributed by atoms with Gasteiger partial charge in [0.15, 0.2) is 5.82 Å². The molecule has 0 amide bonds. The van der Waals surface area contributed by atoms with Crippen molar-refractivity contribution in [3.8, 4) is 0 Å². The highest BCUT2D eigenvalue weighted by molar-refractivity contribution is 5.69. The van der Waals surface area contributed by atoms with Gasteiger partial charge in [-0.15, -0.1) is 0 Å². The summed E-state index contributed by atoms with van der Waals surface area (Å²) in [5.74, 6) is 2.44. The molecule has 0 spiro atoms. The van der Waals surface area contributed by atoms with Gasteiger partial charge in [-0.1, -0.05) is 12.1 Å². The molecule has 174 valence electrons. The van der Waals surface area contributed by atoms with Crippen LogP contribution in [0.2, 0.25) is 0 Å². The van der Waals surface area contributed by atoms with E-state index in [0.717, 1.165) is 30.0 Å². The number of carbonyl (C=O) groups is 1. The second-order valence-corrected chi connectivity index (χ2v) is 9.59. The van der Waals surface area contributed by atoms with Crippen molar-refractivity contribution in [2.24, 2.45) is 0 Å². The zero-order valence-electron chi connectivity index (χ0n) is 19.7. The molecule has 0 unspecified atom stereocenters. The van der Waals surface area contributed by atoms with Gasteiger partial charge in [-0.05, 0) is 71.1 Å². The maximum atomic E-state index is 11.9. The molecule has 0 saturated heterocycles. The lowest BCUT2D eigenvalue weighted by molar-refractivity contribution is -0.154. The standard InChI is InChI=1S/C25H32N6O2/c1-16-14-21(28-22-15-20(30-31-22)18-10-11-18)29-24(26-16)27-19-12-8-17(9-13-19)6-5-7-23(32)33-25(2,3)4/h8-9,12-15,18H,5-7,10-11H2,1-4H3,(H3,26,27,28,29,30,31). The molecule has 1 aliphatic carbocycles. The van der Waals surface area contributed by atoms with Crippen LogP contribution in [0.15, 0.2) is 36.4 Å². The summed E-state index contributed by atoms with van der Waals surface area (Å²) in [4.78, 5) is 20.9. The number of carbonyl (C=O) groups excluding carboxylic acids is 1. The number of nitrogens with zero attached hydrogens (tertiary/aromatic N) is 3. The number of aromatic nitrogens is 4. The highest BCUT2D eigenvalue weighted by Gasteiger charge is 2.25. The number of aromatic amines is 1. The number of nitrogens with one attached hydrogen (secondary N) is 3. The summed E-state index contributed by atoms with van der Waals surface area (Å²) in [5.41, 5.74) is 3.66. The summed E-state index contributed by atoms with van der Waals surface area (Å²) >= 11 is 0. The lowest BCUT2D eigenvalue weighted by atomic mass is 10.1. The Balaban J connectivity index is 1.31. The summed E-state index contributed by atoms with van der Waals surface area (Å²) in [5, 5.41) is 14.0. The van der Waals surface area contributed by atoms with E-state index in [2.05, 4.69) is 42.9 Å². The molecule has 3 aromatic rings. The average molecular weight is 449 g/mol. The predicted octanol–water partition coefficient (Wildman–Crippen LogP) is 5.54. The van der Waals surface area contributed by atoms with Crippen LogP contribution in [-0.2, 0) is 16.0 Å². The molecule has 33 heavy (non-hydrogen) atoms. The molecule has 1 fully saturated rings. The first kappa shape index (κ1) is 22.8. The summed E-state index contributed by atoms with van der Waals surface area (Å²) < 4.78 is 5.36. The highest BCUT2D eigenvalue weighted by Crippen LogP contribution is 2.39. The Morgan fingerprint density at radius 3 is 2.55 bits per heavy atom. The molecule has 8 heteroatoms. The number of benzene rings is 1. The van der Waals surface area contributed by atoms with Crippen LogP contribution in [0.3, 0.4) is 0 Å². The Bertz CT molecular complexity index is 1100. The number of anilines is 4. The van der Waals surface area contributed by atoms with Gasteiger partial charge in [0.1, 0.15) is 11.4 Å². The normalized spacial score (nSPS) is 13.6. The Morgan fingerprint density at radius 2 is 1.85 bits per heavy atom. The average Bonchev–Trinajstić information content (AvgIpc) is 3.47. The number of hydrogen-bond donors (Lipinski definition) is 3. The van der Waals surface area contributed by atoms with E-state index in [1.165, 1.54) is 24.1 Å². The van der Waals surface area contributed by atoms with Gasteiger partial charge in [-0.25, -0.2) is 4.98 Å². The number of H-pyrrole nitrogens is 1. The number of esters is 1. The first-order valence-corrected chi connectivity index (χ1v) is 11.5. The van der Waals surface area contributed by atoms with Gasteiger partial charge < -0.3 is 15.4 Å². The summed E-state index contributed by atoms with van der Waals surface area (Å²) in [7, 11) is 0. The van der Waals surface area contributed by atoms with Crippen LogP contribution < -0.4 is 10.6 Å². The molecular formula is C25H32N6O2. The predicted molar refractivity (Wildman–Crippen MR) is 129 cm³/mol. The van der Waals surface area contributed by atoms with Crippen LogP contribution >= 0.6 is 0 Å². The Kier molecular flexibility index (Phi) is 6.62. The van der Waals surface area contributed by atoms with E-state index < -0.39 is 5.60 Å². The first-order chi connectivity index (χ1) is 15.7. The minimum Gasteiger partial charge on any atom is -0.460 e. The third-order valence-corrected chi connectivity index (χ3v) is 5.20. The van der Waals surface area contributed by atoms with E-state index >= 15 is 0 Å². The SMILES string of the molecule is Cc1cc(Nc2cc(C3CC3)[nH]n2)nc(Nc2ccc(CCCC(=O)OC(C)(C)C)cc2)n1. The molecule has 4 rings (SSSR count). The monoisotopic (exact) mass is 448 g/mol. The molecule has 0 aliphatic heterocycles. The fraction of sp³-hybridized carbons (Fsp3) is 0.440. The van der Waals surface area contributed by atoms with Crippen LogP contribution in [0.25, 0.3) is 0 Å². The molecule has 0 radical (unpaired) electrons. The van der Waals surface area contributed by atoms with Crippen LogP contribution in [0.5, 0.6) is 0 Å². The molecule has 0 bridgehead atoms. The molecular weight excluding hydrogens is 416 g/mol. The van der Waals surface area contributed by atoms with Gasteiger partial charge in [0.05, 0.1) is 0 Å². The van der Waals surface area contributed by atoms with E-state index in [0.29, 0.717) is 24.1 Å². The fourth-order valence-corrected chi connectivity index (χ4v) is 3.54. The number of aryl methyl sites for hydroxylation is 2. The van der Waals surface area contributed by atoms with Gasteiger partial charge in [0, 0.05) is 41.5 Å². The molecule has 3 N–H and O–H groups in total. The third kappa shape index (κ3) is 7.03. The van der Waals surface area contributed by atoms with Crippen molar-refractivity contribution in [3.63, 3.8) is 0 Å². The first-order valence-electron chi connectivity index (χ1n) is 11.5. The molecule has 0 atom stereocenters. The van der Waals surface area contributed by atoms with E-state index in [4.69, 9.17) is 4.74 Å². The van der Waals surface area contributed by atoms with E-state index in [1.807, 2.05) is 52.0 Å². The quantitative estimate of drug-likeness (QED) is 0.369. The van der Waals surface area contributed by atoms with Crippen molar-refractivity contribution in [2.45, 2.75) is 71.3 Å². The molecule has 1 aromatic carbocycles. The number of hydrogen-bond acceptors (Lipinski definition) is 7. The smallest absolute Gasteiger partial charge is 0.306 e. The van der Waals surface area contributed by atoms with Gasteiger partial charge >= 0.3 is 5.97 Å². The van der Waals surface area contributed by atoms with Crippen LogP contribution in [0.1, 0.15) is 69.3 Å². The van der Waals surface area contributed by atoms with Gasteiger partial charge in [0.2, 0.25) is 5.95 Å². The largest absolute Gasteiger partial charge is 0.460 e. The second-order valence-electron chi connectivity index (χ2n) is 9.59. The second kappa shape index (κ2) is 9.60. The van der Waals surface area contributed by atoms with E-state index in [1.54, 1.807) is 0 Å². The van der Waals surface area contributed by atoms with E-state index in [9.17, 15) is 4.79 Å². The third-order valence-electron chi connectivity index (χ3n) is 5.20. The lowest BCUT2D eigenvalue weighted by Gasteiger charge is -2.19. The zero-order valence-corrected chi connectivity index (χ0v) is 19.7. The molecule has 1 aliphatic rings. The summed E-state index contributed by atoms with van der Waals surface area (Å²) in [6, 6.07) is 12.0. The van der Waals surface area contributed by atoms with Crippen LogP contribution in [0.4, 0.5) is 23.3 Å². The van der Waals surface area contributed by atoms with Gasteiger partial charge in [-0.3, -0.25) is 9.89 Å². The number of rotatable bonds is 9. The van der Waals surface area contributed by atoms with Crippen LogP contribution in [-0.4, -0.2) is 31.7 Å². The fourth-order valence-electron chi connectivity index (χ4n) is 3.54. The molecule has 8 nitrogen and oxygen atoms in total. The van der Waals surface area contributed by atoms with E-state index in [-0.39, 0.29) is 5.97 Å². The molecule has 2 aromatic heterocycles. The van der Waals surface area contributed by atoms with Crippen molar-refractivity contribution >= 4 is 29.2 Å². The van der Waals surface area contributed by atoms with Crippen molar-refractivity contribution in [3.05, 3.63) is 53.3 Å². The zero-order chi connectivity index (χ0) is 23.4. The maximum absolute atomic E-state index is 11.9. The Hall–Kier alpha value is -3.42. The minimum atomic E-state index is -0.435. The van der Waals surface area contributed by atoms with Gasteiger partial charge in [-0.2, -0.15) is 10.1 Å².